The van der Waals surface area contributed by atoms with Crippen LogP contribution in [0, 0.1) is 5.82 Å². The lowest BCUT2D eigenvalue weighted by Crippen LogP contribution is -2.01. The third-order valence-corrected chi connectivity index (χ3v) is 1.69. The van der Waals surface area contributed by atoms with Gasteiger partial charge in [0.15, 0.2) is 0 Å². The summed E-state index contributed by atoms with van der Waals surface area (Å²) in [4.78, 5) is 13.4. The number of aromatic nitrogens is 1. The zero-order chi connectivity index (χ0) is 10.6. The molecule has 74 valence electrons. The zero-order valence-corrected chi connectivity index (χ0v) is 8.17. The van der Waals surface area contributed by atoms with Gasteiger partial charge in [-0.05, 0) is 24.3 Å². The Morgan fingerprint density at radius 2 is 1.86 bits per heavy atom. The van der Waals surface area contributed by atoms with Crippen molar-refractivity contribution in [2.24, 2.45) is 0 Å². The quantitative estimate of drug-likeness (QED) is 0.685. The Morgan fingerprint density at radius 3 is 2.57 bits per heavy atom. The molecule has 1 N–H and O–H groups in total. The van der Waals surface area contributed by atoms with E-state index in [0.29, 0.717) is 10.9 Å². The van der Waals surface area contributed by atoms with Crippen molar-refractivity contribution in [1.82, 2.24) is 4.98 Å². The SMILES string of the molecule is CC.O=c1ccc2cc(F)ccc2[nH]1. The van der Waals surface area contributed by atoms with E-state index in [2.05, 4.69) is 4.98 Å². The van der Waals surface area contributed by atoms with Crippen LogP contribution in [0.5, 0.6) is 0 Å². The van der Waals surface area contributed by atoms with Crippen molar-refractivity contribution in [3.8, 4) is 0 Å². The Balaban J connectivity index is 0.000000461. The standard InChI is InChI=1S/C9H6FNO.C2H6/c10-7-2-3-8-6(5-7)1-4-9(12)11-8;1-2/h1-5H,(H,11,12);1-2H3. The fourth-order valence-corrected chi connectivity index (χ4v) is 1.13. The molecule has 0 aliphatic carbocycles. The number of pyridine rings is 1. The molecule has 0 bridgehead atoms. The molecule has 1 aromatic carbocycles. The van der Waals surface area contributed by atoms with Gasteiger partial charge >= 0.3 is 0 Å². The van der Waals surface area contributed by atoms with E-state index in [1.165, 1.54) is 18.2 Å². The molecule has 0 aliphatic rings. The van der Waals surface area contributed by atoms with E-state index >= 15 is 0 Å². The van der Waals surface area contributed by atoms with Crippen molar-refractivity contribution in [2.45, 2.75) is 13.8 Å². The lowest BCUT2D eigenvalue weighted by molar-refractivity contribution is 0.629. The van der Waals surface area contributed by atoms with E-state index < -0.39 is 0 Å². The van der Waals surface area contributed by atoms with E-state index in [0.717, 1.165) is 0 Å². The fraction of sp³-hybridized carbons (Fsp3) is 0.182. The van der Waals surface area contributed by atoms with Gasteiger partial charge in [0.25, 0.3) is 0 Å². The normalized spacial score (nSPS) is 9.36. The lowest BCUT2D eigenvalue weighted by atomic mass is 10.2. The largest absolute Gasteiger partial charge is 0.322 e. The number of H-pyrrole nitrogens is 1. The monoisotopic (exact) mass is 193 g/mol. The summed E-state index contributed by atoms with van der Waals surface area (Å²) in [6.07, 6.45) is 0. The molecule has 0 atom stereocenters. The van der Waals surface area contributed by atoms with Gasteiger partial charge in [-0.3, -0.25) is 4.79 Å². The van der Waals surface area contributed by atoms with Gasteiger partial charge in [0.2, 0.25) is 5.56 Å². The van der Waals surface area contributed by atoms with Gasteiger partial charge in [-0.15, -0.1) is 0 Å². The van der Waals surface area contributed by atoms with Crippen LogP contribution in [0.4, 0.5) is 4.39 Å². The summed E-state index contributed by atoms with van der Waals surface area (Å²) in [6.45, 7) is 4.00. The van der Waals surface area contributed by atoms with Gasteiger partial charge in [-0.2, -0.15) is 0 Å². The highest BCUT2D eigenvalue weighted by Crippen LogP contribution is 2.10. The highest BCUT2D eigenvalue weighted by atomic mass is 19.1. The molecule has 2 nitrogen and oxygen atoms in total. The Kier molecular flexibility index (Phi) is 3.40. The summed E-state index contributed by atoms with van der Waals surface area (Å²) >= 11 is 0. The second-order valence-electron chi connectivity index (χ2n) is 2.55. The molecular weight excluding hydrogens is 181 g/mol. The summed E-state index contributed by atoms with van der Waals surface area (Å²) in [5, 5.41) is 0.703. The Bertz CT molecular complexity index is 476. The lowest BCUT2D eigenvalue weighted by Gasteiger charge is -1.95. The van der Waals surface area contributed by atoms with Crippen molar-refractivity contribution in [3.63, 3.8) is 0 Å². The number of fused-ring (bicyclic) bond motifs is 1. The first-order valence-electron chi connectivity index (χ1n) is 4.54. The third-order valence-electron chi connectivity index (χ3n) is 1.69. The minimum absolute atomic E-state index is 0.172. The summed E-state index contributed by atoms with van der Waals surface area (Å²) in [6, 6.07) is 7.22. The van der Waals surface area contributed by atoms with E-state index in [1.54, 1.807) is 12.1 Å². The molecule has 0 aliphatic heterocycles. The van der Waals surface area contributed by atoms with Crippen LogP contribution >= 0.6 is 0 Å². The predicted molar refractivity (Wildman–Crippen MR) is 55.9 cm³/mol. The topological polar surface area (TPSA) is 32.9 Å². The molecule has 0 spiro atoms. The number of halogens is 1. The van der Waals surface area contributed by atoms with E-state index in [1.807, 2.05) is 13.8 Å². The number of benzene rings is 1. The van der Waals surface area contributed by atoms with Crippen LogP contribution in [0.3, 0.4) is 0 Å². The molecule has 0 radical (unpaired) electrons. The predicted octanol–water partition coefficient (Wildman–Crippen LogP) is 2.69. The molecule has 0 amide bonds. The molecule has 0 fully saturated rings. The third kappa shape index (κ3) is 2.19. The van der Waals surface area contributed by atoms with Gasteiger partial charge in [0.05, 0.1) is 0 Å². The van der Waals surface area contributed by atoms with Crippen molar-refractivity contribution < 1.29 is 4.39 Å². The zero-order valence-electron chi connectivity index (χ0n) is 8.17. The highest BCUT2D eigenvalue weighted by molar-refractivity contribution is 5.77. The van der Waals surface area contributed by atoms with Crippen LogP contribution < -0.4 is 5.56 Å². The van der Waals surface area contributed by atoms with Crippen molar-refractivity contribution >= 4 is 10.9 Å². The van der Waals surface area contributed by atoms with Gasteiger partial charge in [-0.1, -0.05) is 13.8 Å². The number of aromatic amines is 1. The molecule has 1 aromatic heterocycles. The molecule has 0 saturated heterocycles. The fourth-order valence-electron chi connectivity index (χ4n) is 1.13. The maximum Gasteiger partial charge on any atom is 0.248 e. The first-order chi connectivity index (χ1) is 6.75. The molecule has 0 saturated carbocycles. The van der Waals surface area contributed by atoms with Gasteiger partial charge < -0.3 is 4.98 Å². The van der Waals surface area contributed by atoms with Gasteiger partial charge in [0, 0.05) is 17.0 Å². The maximum absolute atomic E-state index is 12.6. The van der Waals surface area contributed by atoms with E-state index in [9.17, 15) is 9.18 Å². The Labute approximate surface area is 81.4 Å². The molecule has 3 heteroatoms. The maximum atomic E-state index is 12.6. The van der Waals surface area contributed by atoms with Crippen molar-refractivity contribution in [2.75, 3.05) is 0 Å². The van der Waals surface area contributed by atoms with Crippen LogP contribution in [0.15, 0.2) is 35.1 Å². The van der Waals surface area contributed by atoms with Crippen LogP contribution in [-0.4, -0.2) is 4.98 Å². The number of hydrogen-bond acceptors (Lipinski definition) is 1. The van der Waals surface area contributed by atoms with E-state index in [-0.39, 0.29) is 11.4 Å². The van der Waals surface area contributed by atoms with Gasteiger partial charge in [0.1, 0.15) is 5.82 Å². The average molecular weight is 193 g/mol. The van der Waals surface area contributed by atoms with Gasteiger partial charge in [-0.25, -0.2) is 4.39 Å². The Morgan fingerprint density at radius 1 is 1.14 bits per heavy atom. The molecule has 1 heterocycles. The smallest absolute Gasteiger partial charge is 0.248 e. The number of rotatable bonds is 0. The van der Waals surface area contributed by atoms with Crippen molar-refractivity contribution in [3.05, 3.63) is 46.5 Å². The molecule has 0 unspecified atom stereocenters. The van der Waals surface area contributed by atoms with Crippen molar-refractivity contribution in [1.29, 1.82) is 0 Å². The van der Waals surface area contributed by atoms with E-state index in [4.69, 9.17) is 0 Å². The molecule has 2 rings (SSSR count). The van der Waals surface area contributed by atoms with Crippen LogP contribution in [0.25, 0.3) is 10.9 Å². The minimum Gasteiger partial charge on any atom is -0.322 e. The summed E-state index contributed by atoms with van der Waals surface area (Å²) in [5.41, 5.74) is 0.484. The number of nitrogens with one attached hydrogen (secondary N) is 1. The first-order valence-corrected chi connectivity index (χ1v) is 4.54. The van der Waals surface area contributed by atoms with Crippen LogP contribution in [0.1, 0.15) is 13.8 Å². The second-order valence-corrected chi connectivity index (χ2v) is 2.55. The summed E-state index contributed by atoms with van der Waals surface area (Å²) in [7, 11) is 0. The molecule has 14 heavy (non-hydrogen) atoms. The van der Waals surface area contributed by atoms with Crippen LogP contribution in [0.2, 0.25) is 0 Å². The first kappa shape index (κ1) is 10.4. The average Bonchev–Trinajstić information content (AvgIpc) is 2.21. The number of hydrogen-bond donors (Lipinski definition) is 1. The summed E-state index contributed by atoms with van der Waals surface area (Å²) in [5.74, 6) is -0.297. The highest BCUT2D eigenvalue weighted by Gasteiger charge is 1.94. The Hall–Kier alpha value is -1.64. The minimum atomic E-state index is -0.297. The van der Waals surface area contributed by atoms with Crippen LogP contribution in [-0.2, 0) is 0 Å². The summed E-state index contributed by atoms with van der Waals surface area (Å²) < 4.78 is 12.6. The second kappa shape index (κ2) is 4.56. The molecule has 2 aromatic rings. The molecular formula is C11H12FNO.